The van der Waals surface area contributed by atoms with Crippen molar-refractivity contribution >= 4 is 46.5 Å². The van der Waals surface area contributed by atoms with E-state index in [0.29, 0.717) is 37.8 Å². The number of amides is 2. The smallest absolute Gasteiger partial charge is 0.411 e. The highest BCUT2D eigenvalue weighted by Gasteiger charge is 2.27. The van der Waals surface area contributed by atoms with Gasteiger partial charge in [-0.05, 0) is 37.1 Å². The van der Waals surface area contributed by atoms with Gasteiger partial charge in [0.15, 0.2) is 11.5 Å². The van der Waals surface area contributed by atoms with Crippen molar-refractivity contribution in [3.05, 3.63) is 30.5 Å². The Hall–Kier alpha value is -3.38. The number of nitrogens with zero attached hydrogens (tertiary/aromatic N) is 6. The molecule has 3 aromatic rings. The molecule has 12 heteroatoms. The van der Waals surface area contributed by atoms with Crippen molar-refractivity contribution in [3.63, 3.8) is 0 Å². The Bertz CT molecular complexity index is 1220. The summed E-state index contributed by atoms with van der Waals surface area (Å²) in [5, 5.41) is 8.06. The molecule has 0 atom stereocenters. The van der Waals surface area contributed by atoms with Crippen LogP contribution in [-0.2, 0) is 9.47 Å². The van der Waals surface area contributed by atoms with Crippen LogP contribution in [0.2, 0.25) is 0 Å². The van der Waals surface area contributed by atoms with Gasteiger partial charge in [0, 0.05) is 37.4 Å². The summed E-state index contributed by atoms with van der Waals surface area (Å²) in [4.78, 5) is 36.9. The number of hydrogen-bond donors (Lipinski definition) is 2. The summed E-state index contributed by atoms with van der Waals surface area (Å²) in [5.41, 5.74) is 2.20. The first-order chi connectivity index (χ1) is 17.0. The van der Waals surface area contributed by atoms with Gasteiger partial charge in [0.25, 0.3) is 5.24 Å². The largest absolute Gasteiger partial charge is 0.453 e. The molecule has 0 bridgehead atoms. The van der Waals surface area contributed by atoms with Crippen molar-refractivity contribution in [2.24, 2.45) is 0 Å². The number of rotatable bonds is 4. The lowest BCUT2D eigenvalue weighted by Crippen LogP contribution is -2.37. The minimum atomic E-state index is -0.528. The van der Waals surface area contributed by atoms with Crippen LogP contribution in [0.4, 0.5) is 21.1 Å². The number of anilines is 2. The van der Waals surface area contributed by atoms with Gasteiger partial charge in [0.05, 0.1) is 37.9 Å². The van der Waals surface area contributed by atoms with Gasteiger partial charge in [0.2, 0.25) is 0 Å². The predicted octanol–water partition coefficient (Wildman–Crippen LogP) is 3.19. The fourth-order valence-electron chi connectivity index (χ4n) is 4.50. The van der Waals surface area contributed by atoms with Gasteiger partial charge in [-0.3, -0.25) is 10.1 Å². The zero-order chi connectivity index (χ0) is 24.4. The second-order valence-corrected chi connectivity index (χ2v) is 8.87. The number of piperidine rings is 1. The van der Waals surface area contributed by atoms with Crippen molar-refractivity contribution < 1.29 is 19.1 Å². The molecule has 35 heavy (non-hydrogen) atoms. The summed E-state index contributed by atoms with van der Waals surface area (Å²) in [5.74, 6) is 1.41. The lowest BCUT2D eigenvalue weighted by Gasteiger charge is -2.31. The summed E-state index contributed by atoms with van der Waals surface area (Å²) in [7, 11) is 1.32. The highest BCUT2D eigenvalue weighted by Crippen LogP contribution is 2.32. The van der Waals surface area contributed by atoms with E-state index in [9.17, 15) is 9.59 Å². The summed E-state index contributed by atoms with van der Waals surface area (Å²) in [6, 6.07) is 7.44. The lowest BCUT2D eigenvalue weighted by atomic mass is 10.1. The van der Waals surface area contributed by atoms with Gasteiger partial charge < -0.3 is 19.3 Å². The Kier molecular flexibility index (Phi) is 6.73. The van der Waals surface area contributed by atoms with Crippen LogP contribution in [0.1, 0.15) is 18.9 Å². The molecule has 0 unspecified atom stereocenters. The van der Waals surface area contributed by atoms with E-state index in [4.69, 9.17) is 19.8 Å². The molecule has 2 fully saturated rings. The van der Waals surface area contributed by atoms with Crippen LogP contribution in [0.5, 0.6) is 0 Å². The molecule has 184 valence electrons. The van der Waals surface area contributed by atoms with Crippen LogP contribution in [0.15, 0.2) is 30.5 Å². The first-order valence-electron chi connectivity index (χ1n) is 11.5. The predicted molar refractivity (Wildman–Crippen MR) is 134 cm³/mol. The number of morpholine rings is 1. The van der Waals surface area contributed by atoms with E-state index < -0.39 is 6.09 Å². The van der Waals surface area contributed by atoms with E-state index in [-0.39, 0.29) is 11.3 Å². The Morgan fingerprint density at radius 1 is 1.09 bits per heavy atom. The maximum Gasteiger partial charge on any atom is 0.411 e. The third-order valence-electron chi connectivity index (χ3n) is 6.40. The minimum Gasteiger partial charge on any atom is -0.453 e. The zero-order valence-electron chi connectivity index (χ0n) is 19.4. The Labute approximate surface area is 207 Å². The number of ether oxygens (including phenoxy) is 2. The van der Waals surface area contributed by atoms with E-state index >= 15 is 0 Å². The molecule has 5 rings (SSSR count). The van der Waals surface area contributed by atoms with Gasteiger partial charge in [-0.2, -0.15) is 5.10 Å². The molecule has 0 spiro atoms. The second kappa shape index (κ2) is 10.1. The number of aromatic nitrogens is 4. The summed E-state index contributed by atoms with van der Waals surface area (Å²) in [6.45, 7) is 4.02. The van der Waals surface area contributed by atoms with E-state index in [1.54, 1.807) is 17.0 Å². The van der Waals surface area contributed by atoms with Crippen molar-refractivity contribution in [1.29, 1.82) is 0 Å². The molecule has 0 aliphatic carbocycles. The molecule has 1 aromatic carbocycles. The van der Waals surface area contributed by atoms with Crippen molar-refractivity contribution in [1.82, 2.24) is 24.6 Å². The van der Waals surface area contributed by atoms with Crippen LogP contribution in [0, 0.1) is 0 Å². The van der Waals surface area contributed by atoms with Gasteiger partial charge in [-0.25, -0.2) is 19.4 Å². The normalized spacial score (nSPS) is 17.0. The topological polar surface area (TPSA) is 115 Å². The maximum atomic E-state index is 11.6. The number of carbonyl (C=O) groups is 2. The zero-order valence-corrected chi connectivity index (χ0v) is 20.3. The average Bonchev–Trinajstić information content (AvgIpc) is 3.33. The van der Waals surface area contributed by atoms with Crippen molar-refractivity contribution in [2.45, 2.75) is 18.9 Å². The van der Waals surface area contributed by atoms with E-state index in [2.05, 4.69) is 27.6 Å². The molecule has 0 radical (unpaired) electrons. The van der Waals surface area contributed by atoms with E-state index in [1.165, 1.54) is 7.11 Å². The third-order valence-corrected chi connectivity index (χ3v) is 6.68. The van der Waals surface area contributed by atoms with E-state index in [1.807, 2.05) is 23.0 Å². The van der Waals surface area contributed by atoms with E-state index in [0.717, 1.165) is 48.3 Å². The van der Waals surface area contributed by atoms with Crippen LogP contribution < -0.4 is 10.2 Å². The molecule has 2 aliphatic rings. The Morgan fingerprint density at radius 3 is 2.46 bits per heavy atom. The fraction of sp³-hybridized carbons (Fsp3) is 0.435. The number of fused-ring (bicyclic) bond motifs is 1. The standard InChI is InChI=1S/C23H27N7O4S/c1-33-22(31)25-16-4-2-15(3-5-16)19-26-20(28-10-12-34-13-11-28)18-14-24-30(21(18)27-19)17-6-8-29(9-7-17)23(32)35/h2-5,14,17H,6-13H2,1H3,(H,25,31)(H,32,35). The summed E-state index contributed by atoms with van der Waals surface area (Å²) >= 11 is 3.96. The molecule has 2 aliphatic heterocycles. The minimum absolute atomic E-state index is 0.128. The number of thiol groups is 1. The molecular formula is C23H27N7O4S. The monoisotopic (exact) mass is 497 g/mol. The fourth-order valence-corrected chi connectivity index (χ4v) is 4.70. The second-order valence-electron chi connectivity index (χ2n) is 8.49. The lowest BCUT2D eigenvalue weighted by molar-refractivity contribution is 0.122. The number of carbonyl (C=O) groups excluding carboxylic acids is 2. The molecule has 0 saturated carbocycles. The molecule has 2 amide bonds. The highest BCUT2D eigenvalue weighted by molar-refractivity contribution is 7.96. The van der Waals surface area contributed by atoms with Gasteiger partial charge >= 0.3 is 6.09 Å². The third kappa shape index (κ3) is 4.89. The number of benzene rings is 1. The summed E-state index contributed by atoms with van der Waals surface area (Å²) < 4.78 is 12.2. The van der Waals surface area contributed by atoms with Crippen LogP contribution in [-0.4, -0.2) is 82.5 Å². The first kappa shape index (κ1) is 23.4. The Balaban J connectivity index is 1.52. The highest BCUT2D eigenvalue weighted by atomic mass is 32.1. The number of hydrogen-bond acceptors (Lipinski definition) is 8. The number of nitrogens with one attached hydrogen (secondary N) is 1. The van der Waals surface area contributed by atoms with Crippen LogP contribution in [0.25, 0.3) is 22.4 Å². The average molecular weight is 498 g/mol. The molecule has 1 N–H and O–H groups in total. The number of methoxy groups -OCH3 is 1. The van der Waals surface area contributed by atoms with Gasteiger partial charge in [-0.1, -0.05) is 12.6 Å². The SMILES string of the molecule is COC(=O)Nc1ccc(-c2nc(N3CCOCC3)c3cnn(C4CCN(C(=O)S)CC4)c3n2)cc1. The molecule has 11 nitrogen and oxygen atoms in total. The molecular weight excluding hydrogens is 470 g/mol. The first-order valence-corrected chi connectivity index (χ1v) is 12.0. The van der Waals surface area contributed by atoms with Gasteiger partial charge in [-0.15, -0.1) is 0 Å². The van der Waals surface area contributed by atoms with Gasteiger partial charge in [0.1, 0.15) is 5.82 Å². The molecule has 4 heterocycles. The number of likely N-dealkylation sites (tertiary alicyclic amines) is 1. The Morgan fingerprint density at radius 2 is 1.80 bits per heavy atom. The maximum absolute atomic E-state index is 11.6. The van der Waals surface area contributed by atoms with Crippen LogP contribution in [0.3, 0.4) is 0 Å². The summed E-state index contributed by atoms with van der Waals surface area (Å²) in [6.07, 6.45) is 2.87. The van der Waals surface area contributed by atoms with Crippen LogP contribution >= 0.6 is 12.6 Å². The molecule has 2 aromatic heterocycles. The van der Waals surface area contributed by atoms with Crippen molar-refractivity contribution in [2.75, 3.05) is 56.7 Å². The molecule has 2 saturated heterocycles. The quantitative estimate of drug-likeness (QED) is 0.528. The van der Waals surface area contributed by atoms with Crippen molar-refractivity contribution in [3.8, 4) is 11.4 Å².